The molecule has 164 valence electrons. The molecule has 3 aromatic rings. The molecule has 1 fully saturated rings. The topological polar surface area (TPSA) is 67.6 Å². The molecule has 6 nitrogen and oxygen atoms in total. The van der Waals surface area contributed by atoms with Gasteiger partial charge in [-0.05, 0) is 56.2 Å². The van der Waals surface area contributed by atoms with Crippen molar-refractivity contribution in [2.75, 3.05) is 6.61 Å². The zero-order chi connectivity index (χ0) is 22.2. The van der Waals surface area contributed by atoms with Gasteiger partial charge in [-0.1, -0.05) is 20.8 Å². The van der Waals surface area contributed by atoms with Crippen LogP contribution >= 0.6 is 0 Å². The van der Waals surface area contributed by atoms with Crippen LogP contribution in [0.1, 0.15) is 52.8 Å². The Labute approximate surface area is 182 Å². The number of hydrogen-bond acceptors (Lipinski definition) is 4. The predicted octanol–water partition coefficient (Wildman–Crippen LogP) is 4.61. The Morgan fingerprint density at radius 3 is 2.58 bits per heavy atom. The van der Waals surface area contributed by atoms with Gasteiger partial charge in [0.15, 0.2) is 18.6 Å². The van der Waals surface area contributed by atoms with Gasteiger partial charge < -0.3 is 4.74 Å². The number of aromatic nitrogens is 5. The SMILES string of the molecule is CCOc1c[n+](C)[nH]c1-c1cc(F)cc(-c2ncnc(C3(C)CC(C)CC(C)C3)n2)c1. The first-order chi connectivity index (χ1) is 14.8. The summed E-state index contributed by atoms with van der Waals surface area (Å²) in [6.07, 6.45) is 6.72. The van der Waals surface area contributed by atoms with Gasteiger partial charge in [-0.3, -0.25) is 0 Å². The Hall–Kier alpha value is -2.83. The van der Waals surface area contributed by atoms with Crippen LogP contribution in [-0.2, 0) is 12.5 Å². The van der Waals surface area contributed by atoms with Crippen LogP contribution in [-0.4, -0.2) is 26.7 Å². The van der Waals surface area contributed by atoms with Gasteiger partial charge in [-0.25, -0.2) is 19.3 Å². The molecule has 1 aliphatic carbocycles. The van der Waals surface area contributed by atoms with Crippen molar-refractivity contribution in [3.63, 3.8) is 0 Å². The fourth-order valence-corrected chi connectivity index (χ4v) is 5.22. The number of nitrogens with zero attached hydrogens (tertiary/aromatic N) is 4. The van der Waals surface area contributed by atoms with E-state index in [0.29, 0.717) is 41.1 Å². The van der Waals surface area contributed by atoms with Crippen molar-refractivity contribution in [3.05, 3.63) is 42.4 Å². The highest BCUT2D eigenvalue weighted by Crippen LogP contribution is 2.43. The van der Waals surface area contributed by atoms with Crippen LogP contribution in [0.25, 0.3) is 22.6 Å². The molecule has 0 spiro atoms. The predicted molar refractivity (Wildman–Crippen MR) is 117 cm³/mol. The molecule has 2 heterocycles. The van der Waals surface area contributed by atoms with Crippen LogP contribution in [0.15, 0.2) is 30.7 Å². The first-order valence-electron chi connectivity index (χ1n) is 11.0. The number of halogens is 1. The maximum absolute atomic E-state index is 14.6. The fourth-order valence-electron chi connectivity index (χ4n) is 5.22. The van der Waals surface area contributed by atoms with Crippen molar-refractivity contribution in [1.29, 1.82) is 0 Å². The van der Waals surface area contributed by atoms with E-state index >= 15 is 0 Å². The Bertz CT molecular complexity index is 1070. The molecule has 31 heavy (non-hydrogen) atoms. The average Bonchev–Trinajstić information content (AvgIpc) is 3.07. The van der Waals surface area contributed by atoms with Gasteiger partial charge in [-0.15, -0.1) is 4.68 Å². The van der Waals surface area contributed by atoms with E-state index in [2.05, 4.69) is 35.8 Å². The first kappa shape index (κ1) is 21.4. The van der Waals surface area contributed by atoms with E-state index in [1.165, 1.54) is 18.6 Å². The number of H-pyrrole nitrogens is 1. The zero-order valence-corrected chi connectivity index (χ0v) is 18.9. The summed E-state index contributed by atoms with van der Waals surface area (Å²) in [6, 6.07) is 4.86. The summed E-state index contributed by atoms with van der Waals surface area (Å²) in [5, 5.41) is 3.20. The maximum atomic E-state index is 14.6. The molecule has 0 bridgehead atoms. The number of hydrogen-bond donors (Lipinski definition) is 1. The van der Waals surface area contributed by atoms with Gasteiger partial charge in [-0.2, -0.15) is 5.10 Å². The molecule has 0 aliphatic heterocycles. The Balaban J connectivity index is 1.74. The highest BCUT2D eigenvalue weighted by Gasteiger charge is 2.38. The van der Waals surface area contributed by atoms with Gasteiger partial charge in [0, 0.05) is 16.5 Å². The molecule has 1 aliphatic rings. The third-order valence-electron chi connectivity index (χ3n) is 6.10. The summed E-state index contributed by atoms with van der Waals surface area (Å²) < 4.78 is 22.1. The number of aryl methyl sites for hydroxylation is 1. The van der Waals surface area contributed by atoms with Crippen molar-refractivity contribution in [3.8, 4) is 28.4 Å². The van der Waals surface area contributed by atoms with Gasteiger partial charge in [0.05, 0.1) is 6.61 Å². The molecule has 2 unspecified atom stereocenters. The molecular weight excluding hydrogens is 393 g/mol. The molecule has 2 atom stereocenters. The van der Waals surface area contributed by atoms with E-state index in [1.807, 2.05) is 26.2 Å². The van der Waals surface area contributed by atoms with Gasteiger partial charge in [0.2, 0.25) is 11.9 Å². The molecule has 0 saturated heterocycles. The number of nitrogens with one attached hydrogen (secondary N) is 1. The summed E-state index contributed by atoms with van der Waals surface area (Å²) in [5.74, 6) is 2.87. The minimum atomic E-state index is -0.347. The molecular formula is C24H31FN5O+. The molecule has 4 rings (SSSR count). The highest BCUT2D eigenvalue weighted by molar-refractivity contribution is 5.71. The van der Waals surface area contributed by atoms with Crippen LogP contribution in [0.4, 0.5) is 4.39 Å². The summed E-state index contributed by atoms with van der Waals surface area (Å²) in [5.41, 5.74) is 1.94. The van der Waals surface area contributed by atoms with Crippen LogP contribution in [0.2, 0.25) is 0 Å². The van der Waals surface area contributed by atoms with Crippen molar-refractivity contribution in [2.24, 2.45) is 18.9 Å². The number of ether oxygens (including phenoxy) is 1. The lowest BCUT2D eigenvalue weighted by Gasteiger charge is -2.39. The largest absolute Gasteiger partial charge is 0.486 e. The quantitative estimate of drug-likeness (QED) is 0.608. The lowest BCUT2D eigenvalue weighted by molar-refractivity contribution is -0.726. The molecule has 1 saturated carbocycles. The lowest BCUT2D eigenvalue weighted by Crippen LogP contribution is -2.34. The molecule has 0 amide bonds. The molecule has 1 aromatic carbocycles. The summed E-state index contributed by atoms with van der Waals surface area (Å²) in [7, 11) is 1.87. The number of rotatable bonds is 5. The third kappa shape index (κ3) is 4.45. The summed E-state index contributed by atoms with van der Waals surface area (Å²) in [4.78, 5) is 13.7. The lowest BCUT2D eigenvalue weighted by atomic mass is 9.67. The monoisotopic (exact) mass is 424 g/mol. The van der Waals surface area contributed by atoms with Crippen molar-refractivity contribution >= 4 is 0 Å². The fraction of sp³-hybridized carbons (Fsp3) is 0.500. The normalized spacial score (nSPS) is 23.7. The molecule has 0 radical (unpaired) electrons. The Kier molecular flexibility index (Phi) is 5.77. The van der Waals surface area contributed by atoms with Gasteiger partial charge >= 0.3 is 0 Å². The third-order valence-corrected chi connectivity index (χ3v) is 6.10. The molecule has 1 N–H and O–H groups in total. The van der Waals surface area contributed by atoms with E-state index in [9.17, 15) is 4.39 Å². The van der Waals surface area contributed by atoms with Crippen LogP contribution in [0, 0.1) is 17.7 Å². The second kappa shape index (κ2) is 8.36. The Morgan fingerprint density at radius 1 is 1.16 bits per heavy atom. The summed E-state index contributed by atoms with van der Waals surface area (Å²) >= 11 is 0. The first-order valence-corrected chi connectivity index (χ1v) is 11.0. The van der Waals surface area contributed by atoms with E-state index in [1.54, 1.807) is 11.0 Å². The van der Waals surface area contributed by atoms with Gasteiger partial charge in [0.25, 0.3) is 0 Å². The van der Waals surface area contributed by atoms with Crippen LogP contribution in [0.3, 0.4) is 0 Å². The standard InChI is InChI=1S/C24H30FN5O/c1-6-31-20-13-30(5)29-21(20)17-8-18(10-19(25)9-17)22-26-14-27-23(28-22)24(4)11-15(2)7-16(3)12-24/h8-10,13-16H,6-7,11-12H2,1-5H3/p+1. The van der Waals surface area contributed by atoms with Crippen LogP contribution in [0.5, 0.6) is 5.75 Å². The van der Waals surface area contributed by atoms with Crippen LogP contribution < -0.4 is 9.42 Å². The minimum absolute atomic E-state index is 0.0970. The van der Waals surface area contributed by atoms with E-state index in [4.69, 9.17) is 9.72 Å². The second-order valence-corrected chi connectivity index (χ2v) is 9.30. The van der Waals surface area contributed by atoms with Gasteiger partial charge in [0.1, 0.15) is 18.0 Å². The van der Waals surface area contributed by atoms with E-state index in [0.717, 1.165) is 24.4 Å². The zero-order valence-electron chi connectivity index (χ0n) is 18.9. The summed E-state index contributed by atoms with van der Waals surface area (Å²) in [6.45, 7) is 9.28. The molecule has 7 heteroatoms. The number of benzene rings is 1. The van der Waals surface area contributed by atoms with Crippen molar-refractivity contribution in [1.82, 2.24) is 20.1 Å². The second-order valence-electron chi connectivity index (χ2n) is 9.30. The molecule has 2 aromatic heterocycles. The van der Waals surface area contributed by atoms with E-state index < -0.39 is 0 Å². The highest BCUT2D eigenvalue weighted by atomic mass is 19.1. The smallest absolute Gasteiger partial charge is 0.237 e. The maximum Gasteiger partial charge on any atom is 0.237 e. The van der Waals surface area contributed by atoms with Crippen molar-refractivity contribution < 1.29 is 13.8 Å². The minimum Gasteiger partial charge on any atom is -0.486 e. The Morgan fingerprint density at radius 2 is 1.87 bits per heavy atom. The average molecular weight is 425 g/mol. The van der Waals surface area contributed by atoms with E-state index in [-0.39, 0.29) is 11.2 Å². The number of aromatic amines is 1. The van der Waals surface area contributed by atoms with Crippen molar-refractivity contribution in [2.45, 2.75) is 52.4 Å².